The van der Waals surface area contributed by atoms with Gasteiger partial charge in [-0.25, -0.2) is 0 Å². The molecule has 1 saturated carbocycles. The highest BCUT2D eigenvalue weighted by molar-refractivity contribution is 4.94. The second-order valence-corrected chi connectivity index (χ2v) is 4.55. The molecule has 0 aromatic carbocycles. The van der Waals surface area contributed by atoms with Crippen molar-refractivity contribution in [1.29, 1.82) is 0 Å². The molecule has 2 heteroatoms. The van der Waals surface area contributed by atoms with Gasteiger partial charge in [-0.05, 0) is 45.1 Å². The Morgan fingerprint density at radius 3 is 2.36 bits per heavy atom. The van der Waals surface area contributed by atoms with Crippen LogP contribution in [0.4, 0.5) is 0 Å². The molecule has 14 heavy (non-hydrogen) atoms. The van der Waals surface area contributed by atoms with Crippen molar-refractivity contribution in [1.82, 2.24) is 5.32 Å². The molecule has 2 nitrogen and oxygen atoms in total. The molecule has 1 fully saturated rings. The van der Waals surface area contributed by atoms with Crippen LogP contribution in [0.25, 0.3) is 0 Å². The van der Waals surface area contributed by atoms with Crippen LogP contribution in [-0.2, 0) is 0 Å². The van der Waals surface area contributed by atoms with E-state index in [-0.39, 0.29) is 0 Å². The van der Waals surface area contributed by atoms with Crippen LogP contribution in [-0.4, -0.2) is 23.8 Å². The van der Waals surface area contributed by atoms with E-state index in [1.165, 1.54) is 51.5 Å². The second-order valence-electron chi connectivity index (χ2n) is 4.55. The van der Waals surface area contributed by atoms with Crippen molar-refractivity contribution in [3.8, 4) is 0 Å². The Morgan fingerprint density at radius 1 is 1.14 bits per heavy atom. The molecule has 0 spiro atoms. The third-order valence-corrected chi connectivity index (χ3v) is 3.57. The van der Waals surface area contributed by atoms with E-state index in [1.807, 2.05) is 0 Å². The summed E-state index contributed by atoms with van der Waals surface area (Å²) < 4.78 is 0. The summed E-state index contributed by atoms with van der Waals surface area (Å²) in [6.45, 7) is 3.81. The molecular formula is C12H25NO. The Kier molecular flexibility index (Phi) is 5.49. The Bertz CT molecular complexity index is 138. The number of rotatable bonds is 8. The summed E-state index contributed by atoms with van der Waals surface area (Å²) >= 11 is 0. The molecule has 0 aliphatic heterocycles. The minimum atomic E-state index is 0.353. The summed E-state index contributed by atoms with van der Waals surface area (Å²) in [5, 5.41) is 12.3. The highest BCUT2D eigenvalue weighted by Gasteiger charge is 2.33. The van der Waals surface area contributed by atoms with E-state index < -0.39 is 0 Å². The fraction of sp³-hybridized carbons (Fsp3) is 1.00. The SMILES string of the molecule is CCC1(NCCCCCCO)CCC1. The maximum absolute atomic E-state index is 8.62. The van der Waals surface area contributed by atoms with Gasteiger partial charge in [0.1, 0.15) is 0 Å². The predicted molar refractivity (Wildman–Crippen MR) is 60.4 cm³/mol. The average molecular weight is 199 g/mol. The van der Waals surface area contributed by atoms with Gasteiger partial charge in [0.05, 0.1) is 0 Å². The minimum Gasteiger partial charge on any atom is -0.396 e. The molecule has 0 aromatic rings. The molecule has 0 heterocycles. The Labute approximate surface area is 88.1 Å². The summed E-state index contributed by atoms with van der Waals surface area (Å²) in [5.41, 5.74) is 0.511. The van der Waals surface area contributed by atoms with Crippen molar-refractivity contribution in [3.63, 3.8) is 0 Å². The summed E-state index contributed by atoms with van der Waals surface area (Å²) in [4.78, 5) is 0. The lowest BCUT2D eigenvalue weighted by molar-refractivity contribution is 0.177. The van der Waals surface area contributed by atoms with Crippen molar-refractivity contribution in [2.45, 2.75) is 63.8 Å². The van der Waals surface area contributed by atoms with E-state index in [9.17, 15) is 0 Å². The van der Waals surface area contributed by atoms with Crippen molar-refractivity contribution in [3.05, 3.63) is 0 Å². The molecule has 0 saturated heterocycles. The van der Waals surface area contributed by atoms with E-state index in [0.717, 1.165) is 6.42 Å². The molecule has 0 unspecified atom stereocenters. The van der Waals surface area contributed by atoms with Crippen LogP contribution in [0.5, 0.6) is 0 Å². The first-order valence-corrected chi connectivity index (χ1v) is 6.19. The maximum atomic E-state index is 8.62. The molecule has 1 rings (SSSR count). The van der Waals surface area contributed by atoms with Crippen molar-refractivity contribution in [2.75, 3.05) is 13.2 Å². The first kappa shape index (κ1) is 12.0. The van der Waals surface area contributed by atoms with Gasteiger partial charge in [0.15, 0.2) is 0 Å². The number of nitrogens with one attached hydrogen (secondary N) is 1. The summed E-state index contributed by atoms with van der Waals surface area (Å²) in [7, 11) is 0. The maximum Gasteiger partial charge on any atom is 0.0431 e. The lowest BCUT2D eigenvalue weighted by Gasteiger charge is -2.42. The molecule has 1 aliphatic carbocycles. The zero-order valence-electron chi connectivity index (χ0n) is 9.52. The van der Waals surface area contributed by atoms with Crippen LogP contribution < -0.4 is 5.32 Å². The van der Waals surface area contributed by atoms with Gasteiger partial charge >= 0.3 is 0 Å². The zero-order valence-corrected chi connectivity index (χ0v) is 9.52. The summed E-state index contributed by atoms with van der Waals surface area (Å²) in [6.07, 6.45) is 10.1. The van der Waals surface area contributed by atoms with Crippen LogP contribution in [0.1, 0.15) is 58.3 Å². The third-order valence-electron chi connectivity index (χ3n) is 3.57. The van der Waals surface area contributed by atoms with E-state index in [2.05, 4.69) is 12.2 Å². The van der Waals surface area contributed by atoms with Gasteiger partial charge in [-0.2, -0.15) is 0 Å². The largest absolute Gasteiger partial charge is 0.396 e. The molecule has 2 N–H and O–H groups in total. The molecule has 0 bridgehead atoms. The van der Waals surface area contributed by atoms with Gasteiger partial charge in [0.2, 0.25) is 0 Å². The smallest absolute Gasteiger partial charge is 0.0431 e. The molecule has 84 valence electrons. The molecule has 0 atom stereocenters. The number of aliphatic hydroxyl groups excluding tert-OH is 1. The molecular weight excluding hydrogens is 174 g/mol. The Morgan fingerprint density at radius 2 is 1.86 bits per heavy atom. The highest BCUT2D eigenvalue weighted by atomic mass is 16.2. The first-order chi connectivity index (χ1) is 6.83. The van der Waals surface area contributed by atoms with Crippen LogP contribution in [0.3, 0.4) is 0 Å². The molecule has 0 radical (unpaired) electrons. The van der Waals surface area contributed by atoms with Crippen LogP contribution in [0, 0.1) is 0 Å². The van der Waals surface area contributed by atoms with Gasteiger partial charge in [-0.15, -0.1) is 0 Å². The van der Waals surface area contributed by atoms with Crippen molar-refractivity contribution < 1.29 is 5.11 Å². The van der Waals surface area contributed by atoms with Gasteiger partial charge < -0.3 is 10.4 Å². The highest BCUT2D eigenvalue weighted by Crippen LogP contribution is 2.34. The quantitative estimate of drug-likeness (QED) is 0.589. The van der Waals surface area contributed by atoms with E-state index in [4.69, 9.17) is 5.11 Å². The summed E-state index contributed by atoms with van der Waals surface area (Å²) in [5.74, 6) is 0. The fourth-order valence-corrected chi connectivity index (χ4v) is 2.20. The predicted octanol–water partition coefficient (Wildman–Crippen LogP) is 2.46. The first-order valence-electron chi connectivity index (χ1n) is 6.19. The number of unbranched alkanes of at least 4 members (excludes halogenated alkanes) is 3. The number of hydrogen-bond acceptors (Lipinski definition) is 2. The van der Waals surface area contributed by atoms with E-state index in [0.29, 0.717) is 12.1 Å². The fourth-order valence-electron chi connectivity index (χ4n) is 2.20. The number of hydrogen-bond donors (Lipinski definition) is 2. The lowest BCUT2D eigenvalue weighted by atomic mass is 9.75. The lowest BCUT2D eigenvalue weighted by Crippen LogP contribution is -2.50. The zero-order chi connectivity index (χ0) is 10.3. The van der Waals surface area contributed by atoms with Crippen molar-refractivity contribution in [2.24, 2.45) is 0 Å². The van der Waals surface area contributed by atoms with Gasteiger partial charge in [0, 0.05) is 12.1 Å². The number of aliphatic hydroxyl groups is 1. The Hall–Kier alpha value is -0.0800. The van der Waals surface area contributed by atoms with Gasteiger partial charge in [0.25, 0.3) is 0 Å². The molecule has 0 amide bonds. The monoisotopic (exact) mass is 199 g/mol. The standard InChI is InChI=1S/C12H25NO/c1-2-12(8-7-9-12)13-10-5-3-4-6-11-14/h13-14H,2-11H2,1H3. The molecule has 1 aliphatic rings. The molecule has 0 aromatic heterocycles. The summed E-state index contributed by atoms with van der Waals surface area (Å²) in [6, 6.07) is 0. The van der Waals surface area contributed by atoms with Crippen LogP contribution in [0.2, 0.25) is 0 Å². The second kappa shape index (κ2) is 6.41. The van der Waals surface area contributed by atoms with Crippen LogP contribution >= 0.6 is 0 Å². The van der Waals surface area contributed by atoms with Crippen molar-refractivity contribution >= 4 is 0 Å². The Balaban J connectivity index is 1.92. The van der Waals surface area contributed by atoms with Crippen LogP contribution in [0.15, 0.2) is 0 Å². The van der Waals surface area contributed by atoms with Gasteiger partial charge in [-0.3, -0.25) is 0 Å². The topological polar surface area (TPSA) is 32.3 Å². The van der Waals surface area contributed by atoms with Gasteiger partial charge in [-0.1, -0.05) is 19.8 Å². The normalized spacial score (nSPS) is 19.3. The average Bonchev–Trinajstić information content (AvgIpc) is 2.15. The van der Waals surface area contributed by atoms with E-state index in [1.54, 1.807) is 0 Å². The minimum absolute atomic E-state index is 0.353. The van der Waals surface area contributed by atoms with E-state index >= 15 is 0 Å². The third kappa shape index (κ3) is 3.58.